The number of nitrogens with zero attached hydrogens (tertiary/aromatic N) is 3. The number of benzene rings is 2. The number of aliphatic hydroxyl groups excluding tert-OH is 1. The van der Waals surface area contributed by atoms with Gasteiger partial charge in [0.1, 0.15) is 30.6 Å². The van der Waals surface area contributed by atoms with E-state index in [1.807, 2.05) is 18.2 Å². The lowest BCUT2D eigenvalue weighted by Crippen LogP contribution is -2.38. The maximum absolute atomic E-state index is 14.0. The molecule has 1 fully saturated rings. The highest BCUT2D eigenvalue weighted by Crippen LogP contribution is 2.39. The Balaban J connectivity index is 1.27. The Morgan fingerprint density at radius 3 is 2.60 bits per heavy atom. The smallest absolute Gasteiger partial charge is 0.419 e. The van der Waals surface area contributed by atoms with E-state index < -0.39 is 35.6 Å². The van der Waals surface area contributed by atoms with Crippen molar-refractivity contribution in [3.63, 3.8) is 0 Å². The van der Waals surface area contributed by atoms with E-state index in [1.54, 1.807) is 20.8 Å². The molecule has 3 aromatic rings. The third-order valence-electron chi connectivity index (χ3n) is 6.71. The number of amides is 1. The van der Waals surface area contributed by atoms with E-state index in [0.29, 0.717) is 37.6 Å². The van der Waals surface area contributed by atoms with Gasteiger partial charge in [0, 0.05) is 12.1 Å². The number of aryl methyl sites for hydroxylation is 1. The molecule has 0 aliphatic carbocycles. The van der Waals surface area contributed by atoms with Gasteiger partial charge >= 0.3 is 12.3 Å². The van der Waals surface area contributed by atoms with Crippen LogP contribution in [0.25, 0.3) is 11.4 Å². The van der Waals surface area contributed by atoms with Gasteiger partial charge in [-0.1, -0.05) is 11.2 Å². The molecule has 3 heterocycles. The van der Waals surface area contributed by atoms with Crippen LogP contribution in [0.5, 0.6) is 17.2 Å². The number of aromatic nitrogens is 2. The molecule has 2 aliphatic rings. The number of halogens is 3. The van der Waals surface area contributed by atoms with E-state index >= 15 is 0 Å². The van der Waals surface area contributed by atoms with Crippen molar-refractivity contribution in [3.05, 3.63) is 53.4 Å². The van der Waals surface area contributed by atoms with Crippen molar-refractivity contribution in [3.8, 4) is 28.6 Å². The van der Waals surface area contributed by atoms with Gasteiger partial charge in [0.25, 0.3) is 5.89 Å². The summed E-state index contributed by atoms with van der Waals surface area (Å²) in [5, 5.41) is 14.3. The van der Waals surface area contributed by atoms with Crippen LogP contribution in [0, 0.1) is 0 Å². The number of ether oxygens (including phenoxy) is 4. The van der Waals surface area contributed by atoms with Crippen molar-refractivity contribution >= 4 is 6.09 Å². The Labute approximate surface area is 240 Å². The number of rotatable bonds is 7. The summed E-state index contributed by atoms with van der Waals surface area (Å²) in [4.78, 5) is 18.2. The molecule has 10 nitrogen and oxygen atoms in total. The minimum Gasteiger partial charge on any atom is -0.493 e. The van der Waals surface area contributed by atoms with E-state index in [4.69, 9.17) is 23.5 Å². The normalized spacial score (nSPS) is 18.7. The molecule has 42 heavy (non-hydrogen) atoms. The largest absolute Gasteiger partial charge is 0.493 e. The highest BCUT2D eigenvalue weighted by atomic mass is 19.4. The maximum Gasteiger partial charge on any atom is 0.419 e. The zero-order valence-electron chi connectivity index (χ0n) is 23.4. The Kier molecular flexibility index (Phi) is 8.22. The highest BCUT2D eigenvalue weighted by molar-refractivity contribution is 5.69. The second-order valence-electron chi connectivity index (χ2n) is 11.1. The van der Waals surface area contributed by atoms with Gasteiger partial charge in [-0.25, -0.2) is 4.79 Å². The minimum atomic E-state index is -4.71. The van der Waals surface area contributed by atoms with Gasteiger partial charge in [-0.2, -0.15) is 18.2 Å². The quantitative estimate of drug-likeness (QED) is 0.352. The number of carbonyl (C=O) groups excluding carboxylic acids is 1. The van der Waals surface area contributed by atoms with E-state index in [2.05, 4.69) is 10.1 Å². The lowest BCUT2D eigenvalue weighted by atomic mass is 10.1. The highest BCUT2D eigenvalue weighted by Gasteiger charge is 2.43. The molecule has 2 atom stereocenters. The summed E-state index contributed by atoms with van der Waals surface area (Å²) in [5.74, 6) is 0.779. The van der Waals surface area contributed by atoms with Crippen LogP contribution >= 0.6 is 0 Å². The Morgan fingerprint density at radius 1 is 1.10 bits per heavy atom. The van der Waals surface area contributed by atoms with Gasteiger partial charge in [0.2, 0.25) is 5.82 Å². The average Bonchev–Trinajstić information content (AvgIpc) is 3.56. The van der Waals surface area contributed by atoms with Crippen LogP contribution in [-0.4, -0.2) is 64.3 Å². The van der Waals surface area contributed by atoms with Crippen LogP contribution in [0.4, 0.5) is 18.0 Å². The first-order valence-electron chi connectivity index (χ1n) is 13.6. The first-order chi connectivity index (χ1) is 19.9. The predicted octanol–water partition coefficient (Wildman–Crippen LogP) is 5.58. The molecule has 2 aliphatic heterocycles. The van der Waals surface area contributed by atoms with Gasteiger partial charge in [0.15, 0.2) is 11.5 Å². The molecule has 0 unspecified atom stereocenters. The molecule has 226 valence electrons. The molecule has 0 bridgehead atoms. The van der Waals surface area contributed by atoms with Gasteiger partial charge in [-0.05, 0) is 75.9 Å². The Hall–Kier alpha value is -4.00. The summed E-state index contributed by atoms with van der Waals surface area (Å²) in [7, 11) is 0. The molecule has 0 radical (unpaired) electrons. The van der Waals surface area contributed by atoms with Crippen LogP contribution in [-0.2, 0) is 17.3 Å². The summed E-state index contributed by atoms with van der Waals surface area (Å²) < 4.78 is 69.3. The van der Waals surface area contributed by atoms with Crippen molar-refractivity contribution < 1.29 is 46.5 Å². The second-order valence-corrected chi connectivity index (χ2v) is 11.1. The van der Waals surface area contributed by atoms with Crippen LogP contribution in [0.3, 0.4) is 0 Å². The first kappa shape index (κ1) is 29.5. The molecule has 0 spiro atoms. The van der Waals surface area contributed by atoms with E-state index in [-0.39, 0.29) is 42.6 Å². The Morgan fingerprint density at radius 2 is 1.86 bits per heavy atom. The number of alkyl halides is 3. The van der Waals surface area contributed by atoms with Crippen molar-refractivity contribution in [2.45, 2.75) is 64.0 Å². The fourth-order valence-electron chi connectivity index (χ4n) is 4.79. The second kappa shape index (κ2) is 11.7. The number of carbonyl (C=O) groups is 1. The molecular weight excluding hydrogens is 559 g/mol. The van der Waals surface area contributed by atoms with Crippen LogP contribution < -0.4 is 14.2 Å². The number of hydrogen-bond acceptors (Lipinski definition) is 9. The molecule has 5 rings (SSSR count). The third-order valence-corrected chi connectivity index (χ3v) is 6.71. The summed E-state index contributed by atoms with van der Waals surface area (Å²) >= 11 is 0. The number of hydrogen-bond donors (Lipinski definition) is 1. The monoisotopic (exact) mass is 591 g/mol. The average molecular weight is 592 g/mol. The van der Waals surface area contributed by atoms with Crippen molar-refractivity contribution in [1.29, 1.82) is 0 Å². The summed E-state index contributed by atoms with van der Waals surface area (Å²) in [6.45, 7) is 6.34. The molecule has 13 heteroatoms. The lowest BCUT2D eigenvalue weighted by molar-refractivity contribution is -0.138. The summed E-state index contributed by atoms with van der Waals surface area (Å²) in [6.07, 6.45) is -5.07. The van der Waals surface area contributed by atoms with Crippen LogP contribution in [0.1, 0.15) is 56.7 Å². The third kappa shape index (κ3) is 6.72. The van der Waals surface area contributed by atoms with Crippen LogP contribution in [0.2, 0.25) is 0 Å². The lowest BCUT2D eigenvalue weighted by Gasteiger charge is -2.27. The maximum atomic E-state index is 14.0. The molecule has 0 saturated carbocycles. The summed E-state index contributed by atoms with van der Waals surface area (Å²) in [6, 6.07) is 8.09. The first-order valence-corrected chi connectivity index (χ1v) is 13.6. The molecular formula is C29H32F3N3O7. The van der Waals surface area contributed by atoms with E-state index in [0.717, 1.165) is 11.6 Å². The van der Waals surface area contributed by atoms with E-state index in [1.165, 1.54) is 17.0 Å². The van der Waals surface area contributed by atoms with Gasteiger partial charge in [-0.15, -0.1) is 0 Å². The van der Waals surface area contributed by atoms with Gasteiger partial charge in [0.05, 0.1) is 18.3 Å². The van der Waals surface area contributed by atoms with Crippen molar-refractivity contribution in [1.82, 2.24) is 15.0 Å². The fraction of sp³-hybridized carbons (Fsp3) is 0.483. The molecule has 1 saturated heterocycles. The fourth-order valence-corrected chi connectivity index (χ4v) is 4.79. The molecule has 1 aromatic heterocycles. The molecule has 1 amide bonds. The number of likely N-dealkylation sites (tertiary alicyclic amines) is 1. The SMILES string of the molecule is CC(C)(C)OC(=O)N1CC[C@H](O)[C@H]1c1nc(-c2ccc(OCCCc3ccc4c(c3)OCCO4)c(C(F)(F)F)c2)no1. The molecule has 1 N–H and O–H groups in total. The van der Waals surface area contributed by atoms with Gasteiger partial charge in [-0.3, -0.25) is 4.90 Å². The van der Waals surface area contributed by atoms with Crippen LogP contribution in [0.15, 0.2) is 40.9 Å². The van der Waals surface area contributed by atoms with Crippen molar-refractivity contribution in [2.75, 3.05) is 26.4 Å². The van der Waals surface area contributed by atoms with Crippen molar-refractivity contribution in [2.24, 2.45) is 0 Å². The van der Waals surface area contributed by atoms with E-state index in [9.17, 15) is 23.1 Å². The number of aliphatic hydroxyl groups is 1. The Bertz CT molecular complexity index is 1420. The molecule has 2 aromatic carbocycles. The number of fused-ring (bicyclic) bond motifs is 1. The zero-order chi connectivity index (χ0) is 30.1. The summed E-state index contributed by atoms with van der Waals surface area (Å²) in [5.41, 5.74) is -0.753. The standard InChI is InChI=1S/C29H32F3N3O7/c1-28(2,3)41-27(37)35-11-10-20(36)24(35)26-33-25(34-42-26)18-7-9-21(19(16-18)29(30,31)32)38-12-4-5-17-6-8-22-23(15-17)40-14-13-39-22/h6-9,15-16,20,24,36H,4-5,10-14H2,1-3H3/t20-,24-/m0/s1. The minimum absolute atomic E-state index is 0.0391. The topological polar surface area (TPSA) is 116 Å². The predicted molar refractivity (Wildman–Crippen MR) is 142 cm³/mol. The van der Waals surface area contributed by atoms with Gasteiger partial charge < -0.3 is 28.6 Å². The zero-order valence-corrected chi connectivity index (χ0v) is 23.4.